The van der Waals surface area contributed by atoms with Gasteiger partial charge in [-0.2, -0.15) is 0 Å². The van der Waals surface area contributed by atoms with E-state index in [1.54, 1.807) is 0 Å². The summed E-state index contributed by atoms with van der Waals surface area (Å²) >= 11 is 0. The average Bonchev–Trinajstić information content (AvgIpc) is 2.01. The summed E-state index contributed by atoms with van der Waals surface area (Å²) in [5.41, 5.74) is 0.388. The molecular formula is C13H28O2. The predicted molar refractivity (Wildman–Crippen MR) is 64.8 cm³/mol. The molecule has 0 saturated heterocycles. The first-order valence-corrected chi connectivity index (χ1v) is 5.87. The van der Waals surface area contributed by atoms with E-state index in [1.165, 1.54) is 6.42 Å². The lowest BCUT2D eigenvalue weighted by Gasteiger charge is -2.36. The van der Waals surface area contributed by atoms with Crippen LogP contribution in [0.3, 0.4) is 0 Å². The fraction of sp³-hybridized carbons (Fsp3) is 1.00. The Morgan fingerprint density at radius 2 is 1.47 bits per heavy atom. The van der Waals surface area contributed by atoms with Crippen LogP contribution in [0.15, 0.2) is 0 Å². The summed E-state index contributed by atoms with van der Waals surface area (Å²) in [6.07, 6.45) is 1.17. The lowest BCUT2D eigenvalue weighted by atomic mass is 9.70. The van der Waals surface area contributed by atoms with Crippen LogP contribution in [0.2, 0.25) is 0 Å². The highest BCUT2D eigenvalue weighted by molar-refractivity contribution is 4.79. The molecule has 1 N–H and O–H groups in total. The van der Waals surface area contributed by atoms with E-state index in [-0.39, 0.29) is 5.41 Å². The maximum atomic E-state index is 8.54. The third kappa shape index (κ3) is 4.98. The molecule has 2 nitrogen and oxygen atoms in total. The van der Waals surface area contributed by atoms with E-state index >= 15 is 0 Å². The average molecular weight is 216 g/mol. The van der Waals surface area contributed by atoms with Crippen LogP contribution in [0.4, 0.5) is 0 Å². The van der Waals surface area contributed by atoms with Crippen molar-refractivity contribution in [2.45, 2.75) is 54.9 Å². The van der Waals surface area contributed by atoms with Gasteiger partial charge in [0, 0.05) is 0 Å². The lowest BCUT2D eigenvalue weighted by Crippen LogP contribution is -2.30. The minimum atomic E-state index is 0.0360. The van der Waals surface area contributed by atoms with Crippen molar-refractivity contribution in [3.63, 3.8) is 0 Å². The highest BCUT2D eigenvalue weighted by Crippen LogP contribution is 2.37. The van der Waals surface area contributed by atoms with Gasteiger partial charge in [-0.25, -0.2) is 4.89 Å². The molecule has 0 fully saturated rings. The van der Waals surface area contributed by atoms with E-state index in [9.17, 15) is 0 Å². The zero-order valence-corrected chi connectivity index (χ0v) is 11.4. The van der Waals surface area contributed by atoms with E-state index < -0.39 is 0 Å². The Balaban J connectivity index is 4.30. The summed E-state index contributed by atoms with van der Waals surface area (Å²) < 4.78 is 0. The normalized spacial score (nSPS) is 17.6. The second kappa shape index (κ2) is 5.31. The summed E-state index contributed by atoms with van der Waals surface area (Å²) in [6.45, 7) is 16.1. The van der Waals surface area contributed by atoms with Crippen molar-refractivity contribution < 1.29 is 10.1 Å². The van der Waals surface area contributed by atoms with Gasteiger partial charge in [-0.15, -0.1) is 0 Å². The highest BCUT2D eigenvalue weighted by Gasteiger charge is 2.30. The first-order valence-electron chi connectivity index (χ1n) is 5.87. The number of rotatable bonds is 5. The van der Waals surface area contributed by atoms with Crippen LogP contribution < -0.4 is 0 Å². The van der Waals surface area contributed by atoms with Gasteiger partial charge < -0.3 is 0 Å². The minimum Gasteiger partial charge on any atom is -0.252 e. The monoisotopic (exact) mass is 216 g/mol. The van der Waals surface area contributed by atoms with Crippen molar-refractivity contribution in [3.05, 3.63) is 0 Å². The maximum Gasteiger partial charge on any atom is 0.0873 e. The van der Waals surface area contributed by atoms with Crippen LogP contribution in [-0.2, 0) is 4.89 Å². The maximum absolute atomic E-state index is 8.54. The van der Waals surface area contributed by atoms with Crippen LogP contribution in [0.25, 0.3) is 0 Å². The molecule has 0 aromatic carbocycles. The Bertz CT molecular complexity index is 179. The summed E-state index contributed by atoms with van der Waals surface area (Å²) in [4.78, 5) is 4.29. The van der Waals surface area contributed by atoms with Crippen LogP contribution in [0.1, 0.15) is 54.9 Å². The molecule has 0 rings (SSSR count). The van der Waals surface area contributed by atoms with E-state index in [0.29, 0.717) is 23.9 Å². The molecule has 2 atom stereocenters. The van der Waals surface area contributed by atoms with E-state index in [1.807, 2.05) is 0 Å². The molecule has 0 aliphatic carbocycles. The van der Waals surface area contributed by atoms with Crippen molar-refractivity contribution in [2.75, 3.05) is 6.61 Å². The third-order valence-corrected chi connectivity index (χ3v) is 3.96. The molecule has 92 valence electrons. The zero-order valence-electron chi connectivity index (χ0n) is 11.4. The van der Waals surface area contributed by atoms with Gasteiger partial charge in [0.25, 0.3) is 0 Å². The number of hydrogen-bond donors (Lipinski definition) is 1. The van der Waals surface area contributed by atoms with E-state index in [4.69, 9.17) is 5.26 Å². The van der Waals surface area contributed by atoms with Gasteiger partial charge in [0.15, 0.2) is 0 Å². The standard InChI is InChI=1S/C13H28O2/c1-10(12(3,4)5)8-11(2)13(6,7)9-15-14/h10-11,14H,8-9H2,1-7H3. The number of hydrogen-bond acceptors (Lipinski definition) is 2. The second-order valence-corrected chi connectivity index (χ2v) is 6.67. The Labute approximate surface area is 95.0 Å². The molecular weight excluding hydrogens is 188 g/mol. The summed E-state index contributed by atoms with van der Waals surface area (Å²) in [7, 11) is 0. The van der Waals surface area contributed by atoms with Gasteiger partial charge in [0.2, 0.25) is 0 Å². The van der Waals surface area contributed by atoms with Gasteiger partial charge in [-0.1, -0.05) is 48.5 Å². The van der Waals surface area contributed by atoms with Crippen molar-refractivity contribution in [2.24, 2.45) is 22.7 Å². The van der Waals surface area contributed by atoms with Crippen molar-refractivity contribution in [3.8, 4) is 0 Å². The summed E-state index contributed by atoms with van der Waals surface area (Å²) in [5.74, 6) is 1.21. The summed E-state index contributed by atoms with van der Waals surface area (Å²) in [5, 5.41) is 8.54. The molecule has 0 aliphatic heterocycles. The van der Waals surface area contributed by atoms with Crippen LogP contribution >= 0.6 is 0 Å². The Morgan fingerprint density at radius 1 is 1.00 bits per heavy atom. The highest BCUT2D eigenvalue weighted by atomic mass is 17.1. The predicted octanol–water partition coefficient (Wildman–Crippen LogP) is 4.21. The van der Waals surface area contributed by atoms with E-state index in [0.717, 1.165) is 0 Å². The first kappa shape index (κ1) is 14.9. The lowest BCUT2D eigenvalue weighted by molar-refractivity contribution is -0.264. The smallest absolute Gasteiger partial charge is 0.0873 e. The first-order chi connectivity index (χ1) is 6.61. The molecule has 0 amide bonds. The van der Waals surface area contributed by atoms with Gasteiger partial charge in [-0.3, -0.25) is 5.26 Å². The van der Waals surface area contributed by atoms with Crippen LogP contribution in [0, 0.1) is 22.7 Å². The Hall–Kier alpha value is -0.0800. The topological polar surface area (TPSA) is 29.5 Å². The Morgan fingerprint density at radius 3 is 1.80 bits per heavy atom. The van der Waals surface area contributed by atoms with Crippen LogP contribution in [-0.4, -0.2) is 11.9 Å². The molecule has 0 aliphatic rings. The molecule has 0 saturated carbocycles. The SMILES string of the molecule is CC(CC(C)C(C)(C)COO)C(C)(C)C. The van der Waals surface area contributed by atoms with Gasteiger partial charge in [-0.05, 0) is 29.1 Å². The molecule has 2 unspecified atom stereocenters. The Kier molecular flexibility index (Phi) is 5.28. The quantitative estimate of drug-likeness (QED) is 0.551. The van der Waals surface area contributed by atoms with Crippen molar-refractivity contribution in [1.29, 1.82) is 0 Å². The molecule has 0 radical (unpaired) electrons. The third-order valence-electron chi connectivity index (χ3n) is 3.96. The fourth-order valence-electron chi connectivity index (χ4n) is 1.51. The van der Waals surface area contributed by atoms with Crippen molar-refractivity contribution in [1.82, 2.24) is 0 Å². The molecule has 15 heavy (non-hydrogen) atoms. The van der Waals surface area contributed by atoms with Gasteiger partial charge >= 0.3 is 0 Å². The molecule has 2 heteroatoms. The van der Waals surface area contributed by atoms with Gasteiger partial charge in [0.05, 0.1) is 6.61 Å². The summed E-state index contributed by atoms with van der Waals surface area (Å²) in [6, 6.07) is 0. The molecule has 0 bridgehead atoms. The molecule has 0 heterocycles. The molecule has 0 aromatic rings. The van der Waals surface area contributed by atoms with Crippen molar-refractivity contribution >= 4 is 0 Å². The largest absolute Gasteiger partial charge is 0.252 e. The second-order valence-electron chi connectivity index (χ2n) is 6.67. The molecule has 0 spiro atoms. The van der Waals surface area contributed by atoms with E-state index in [2.05, 4.69) is 53.4 Å². The van der Waals surface area contributed by atoms with Gasteiger partial charge in [0.1, 0.15) is 0 Å². The minimum absolute atomic E-state index is 0.0360. The zero-order chi connectivity index (χ0) is 12.3. The molecule has 0 aromatic heterocycles. The fourth-order valence-corrected chi connectivity index (χ4v) is 1.51. The van der Waals surface area contributed by atoms with Crippen LogP contribution in [0.5, 0.6) is 0 Å².